The number of rotatable bonds is 4. The van der Waals surface area contributed by atoms with Crippen LogP contribution in [0.25, 0.3) is 0 Å². The summed E-state index contributed by atoms with van der Waals surface area (Å²) in [6.45, 7) is 9.66. The lowest BCUT2D eigenvalue weighted by atomic mass is 9.76. The number of carbonyl (C=O) groups is 1. The zero-order chi connectivity index (χ0) is 18.0. The highest BCUT2D eigenvalue weighted by molar-refractivity contribution is 5.74. The molecule has 1 aromatic rings. The van der Waals surface area contributed by atoms with Gasteiger partial charge in [-0.1, -0.05) is 25.9 Å². The minimum atomic E-state index is 0.0827. The van der Waals surface area contributed by atoms with Gasteiger partial charge in [-0.15, -0.1) is 0 Å². The van der Waals surface area contributed by atoms with Crippen LogP contribution < -0.4 is 5.32 Å². The summed E-state index contributed by atoms with van der Waals surface area (Å²) in [5, 5.41) is 7.20. The van der Waals surface area contributed by atoms with Gasteiger partial charge in [-0.2, -0.15) is 4.98 Å². The van der Waals surface area contributed by atoms with E-state index in [0.29, 0.717) is 5.89 Å². The quantitative estimate of drug-likeness (QED) is 0.905. The molecule has 2 fully saturated rings. The molecule has 1 aromatic heterocycles. The maximum Gasteiger partial charge on any atom is 0.317 e. The van der Waals surface area contributed by atoms with Crippen LogP contribution in [0.3, 0.4) is 0 Å². The Morgan fingerprint density at radius 2 is 2.12 bits per heavy atom. The van der Waals surface area contributed by atoms with Gasteiger partial charge in [0.2, 0.25) is 5.89 Å². The minimum Gasteiger partial charge on any atom is -0.339 e. The summed E-state index contributed by atoms with van der Waals surface area (Å²) in [6, 6.07) is 0.302. The second-order valence-electron chi connectivity index (χ2n) is 8.00. The maximum absolute atomic E-state index is 12.1. The number of carbonyl (C=O) groups excluding carboxylic acids is 1. The van der Waals surface area contributed by atoms with Gasteiger partial charge in [0.1, 0.15) is 0 Å². The molecule has 7 heteroatoms. The van der Waals surface area contributed by atoms with E-state index in [1.165, 1.54) is 0 Å². The normalized spacial score (nSPS) is 23.6. The SMILES string of the molecule is CCCNC(=O)N1CCC2(CC1)CC(c1noc(C(C)C)n1)N(C)C2. The highest BCUT2D eigenvalue weighted by Crippen LogP contribution is 2.47. The molecule has 2 aliphatic rings. The van der Waals surface area contributed by atoms with Crippen molar-refractivity contribution < 1.29 is 9.32 Å². The maximum atomic E-state index is 12.1. The third-order valence-corrected chi connectivity index (χ3v) is 5.63. The highest BCUT2D eigenvalue weighted by Gasteiger charge is 2.46. The van der Waals surface area contributed by atoms with Crippen LogP contribution in [0.5, 0.6) is 0 Å². The van der Waals surface area contributed by atoms with Crippen LogP contribution in [-0.4, -0.2) is 59.2 Å². The van der Waals surface area contributed by atoms with E-state index < -0.39 is 0 Å². The lowest BCUT2D eigenvalue weighted by Crippen LogP contribution is -2.48. The molecule has 3 rings (SSSR count). The first-order valence-electron chi connectivity index (χ1n) is 9.50. The van der Waals surface area contributed by atoms with Crippen LogP contribution in [0, 0.1) is 5.41 Å². The van der Waals surface area contributed by atoms with E-state index in [2.05, 4.69) is 48.2 Å². The number of likely N-dealkylation sites (tertiary alicyclic amines) is 2. The van der Waals surface area contributed by atoms with Crippen LogP contribution in [-0.2, 0) is 0 Å². The Bertz CT molecular complexity index is 592. The van der Waals surface area contributed by atoms with Gasteiger partial charge in [0, 0.05) is 32.1 Å². The van der Waals surface area contributed by atoms with Gasteiger partial charge in [0.15, 0.2) is 5.82 Å². The molecule has 0 saturated carbocycles. The van der Waals surface area contributed by atoms with Crippen molar-refractivity contribution in [1.82, 2.24) is 25.3 Å². The fourth-order valence-corrected chi connectivity index (χ4v) is 4.07. The smallest absolute Gasteiger partial charge is 0.317 e. The number of amides is 2. The van der Waals surface area contributed by atoms with Gasteiger partial charge < -0.3 is 14.7 Å². The summed E-state index contributed by atoms with van der Waals surface area (Å²) < 4.78 is 5.40. The molecule has 2 amide bonds. The Morgan fingerprint density at radius 1 is 1.40 bits per heavy atom. The van der Waals surface area contributed by atoms with Crippen molar-refractivity contribution in [1.29, 1.82) is 0 Å². The number of urea groups is 1. The van der Waals surface area contributed by atoms with E-state index in [0.717, 1.165) is 57.7 Å². The van der Waals surface area contributed by atoms with Crippen LogP contribution in [0.15, 0.2) is 4.52 Å². The van der Waals surface area contributed by atoms with Crippen molar-refractivity contribution in [2.75, 3.05) is 33.2 Å². The van der Waals surface area contributed by atoms with Crippen molar-refractivity contribution in [3.8, 4) is 0 Å². The number of piperidine rings is 1. The van der Waals surface area contributed by atoms with E-state index in [-0.39, 0.29) is 23.4 Å². The number of nitrogens with zero attached hydrogens (tertiary/aromatic N) is 4. The second-order valence-corrected chi connectivity index (χ2v) is 8.00. The van der Waals surface area contributed by atoms with Gasteiger partial charge in [0.05, 0.1) is 6.04 Å². The minimum absolute atomic E-state index is 0.0827. The van der Waals surface area contributed by atoms with Gasteiger partial charge in [-0.3, -0.25) is 4.90 Å². The predicted octanol–water partition coefficient (Wildman–Crippen LogP) is 2.77. The standard InChI is InChI=1S/C18H31N5O2/c1-5-8-19-17(24)23-9-6-18(7-10-23)11-14(22(4)12-18)15-20-16(13(2)3)25-21-15/h13-14H,5-12H2,1-4H3,(H,19,24). The summed E-state index contributed by atoms with van der Waals surface area (Å²) >= 11 is 0. The summed E-state index contributed by atoms with van der Waals surface area (Å²) in [4.78, 5) is 21.1. The molecular formula is C18H31N5O2. The van der Waals surface area contributed by atoms with Crippen LogP contribution in [0.1, 0.15) is 70.1 Å². The van der Waals surface area contributed by atoms with E-state index in [1.54, 1.807) is 0 Å². The van der Waals surface area contributed by atoms with Crippen molar-refractivity contribution in [3.05, 3.63) is 11.7 Å². The zero-order valence-corrected chi connectivity index (χ0v) is 15.9. The third-order valence-electron chi connectivity index (χ3n) is 5.63. The average Bonchev–Trinajstić information content (AvgIpc) is 3.18. The lowest BCUT2D eigenvalue weighted by molar-refractivity contribution is 0.122. The summed E-state index contributed by atoms with van der Waals surface area (Å²) in [7, 11) is 2.14. The molecule has 0 aromatic carbocycles. The first kappa shape index (κ1) is 18.2. The van der Waals surface area contributed by atoms with Gasteiger partial charge >= 0.3 is 6.03 Å². The number of nitrogens with one attached hydrogen (secondary N) is 1. The van der Waals surface area contributed by atoms with E-state index >= 15 is 0 Å². The van der Waals surface area contributed by atoms with Crippen molar-refractivity contribution in [2.24, 2.45) is 5.41 Å². The number of hydrogen-bond acceptors (Lipinski definition) is 5. The summed E-state index contributed by atoms with van der Waals surface area (Å²) in [5.41, 5.74) is 0.263. The van der Waals surface area contributed by atoms with Crippen LogP contribution in [0.4, 0.5) is 4.79 Å². The van der Waals surface area contributed by atoms with Gasteiger partial charge in [-0.05, 0) is 38.1 Å². The number of hydrogen-bond donors (Lipinski definition) is 1. The largest absolute Gasteiger partial charge is 0.339 e. The Hall–Kier alpha value is -1.63. The molecule has 1 N–H and O–H groups in total. The first-order valence-corrected chi connectivity index (χ1v) is 9.50. The fourth-order valence-electron chi connectivity index (χ4n) is 4.07. The van der Waals surface area contributed by atoms with Crippen molar-refractivity contribution in [3.63, 3.8) is 0 Å². The lowest BCUT2D eigenvalue weighted by Gasteiger charge is -2.39. The Labute approximate surface area is 150 Å². The average molecular weight is 349 g/mol. The molecule has 1 atom stereocenters. The molecule has 0 aliphatic carbocycles. The Morgan fingerprint density at radius 3 is 2.72 bits per heavy atom. The molecule has 2 aliphatic heterocycles. The van der Waals surface area contributed by atoms with Crippen LogP contribution in [0.2, 0.25) is 0 Å². The molecule has 0 radical (unpaired) electrons. The molecule has 0 bridgehead atoms. The van der Waals surface area contributed by atoms with E-state index in [9.17, 15) is 4.79 Å². The van der Waals surface area contributed by atoms with E-state index in [1.807, 2.05) is 4.90 Å². The van der Waals surface area contributed by atoms with Crippen LogP contribution >= 0.6 is 0 Å². The first-order chi connectivity index (χ1) is 11.9. The van der Waals surface area contributed by atoms with Gasteiger partial charge in [0.25, 0.3) is 0 Å². The molecule has 1 spiro atoms. The number of aromatic nitrogens is 2. The predicted molar refractivity (Wildman–Crippen MR) is 95.3 cm³/mol. The molecule has 140 valence electrons. The third kappa shape index (κ3) is 3.81. The fraction of sp³-hybridized carbons (Fsp3) is 0.833. The molecule has 7 nitrogen and oxygen atoms in total. The van der Waals surface area contributed by atoms with Crippen molar-refractivity contribution in [2.45, 2.75) is 58.4 Å². The van der Waals surface area contributed by atoms with E-state index in [4.69, 9.17) is 4.52 Å². The molecule has 3 heterocycles. The monoisotopic (exact) mass is 349 g/mol. The molecular weight excluding hydrogens is 318 g/mol. The Balaban J connectivity index is 1.60. The molecule has 2 saturated heterocycles. The zero-order valence-electron chi connectivity index (χ0n) is 15.9. The summed E-state index contributed by atoms with van der Waals surface area (Å²) in [6.07, 6.45) is 4.11. The van der Waals surface area contributed by atoms with Gasteiger partial charge in [-0.25, -0.2) is 4.79 Å². The van der Waals surface area contributed by atoms with Crippen molar-refractivity contribution >= 4 is 6.03 Å². The highest BCUT2D eigenvalue weighted by atomic mass is 16.5. The topological polar surface area (TPSA) is 74.5 Å². The molecule has 25 heavy (non-hydrogen) atoms. The summed E-state index contributed by atoms with van der Waals surface area (Å²) in [5.74, 6) is 1.78. The second kappa shape index (κ2) is 7.32. The molecule has 1 unspecified atom stereocenters. The Kier molecular flexibility index (Phi) is 5.32.